The molecule has 0 aromatic heterocycles. The second-order valence-corrected chi connectivity index (χ2v) is 5.01. The summed E-state index contributed by atoms with van der Waals surface area (Å²) in [6, 6.07) is 0. The summed E-state index contributed by atoms with van der Waals surface area (Å²) in [6.07, 6.45) is 4.23. The predicted molar refractivity (Wildman–Crippen MR) is 69.2 cm³/mol. The van der Waals surface area contributed by atoms with Crippen LogP contribution < -0.4 is 5.32 Å². The maximum Gasteiger partial charge on any atom is 0.328 e. The Balaban J connectivity index is 2.29. The second kappa shape index (κ2) is 7.16. The molecule has 0 aromatic rings. The zero-order valence-electron chi connectivity index (χ0n) is 11.1. The van der Waals surface area contributed by atoms with Crippen LogP contribution >= 0.6 is 0 Å². The highest BCUT2D eigenvalue weighted by molar-refractivity contribution is 5.81. The van der Waals surface area contributed by atoms with Gasteiger partial charge < -0.3 is 15.3 Å². The van der Waals surface area contributed by atoms with Gasteiger partial charge in [0, 0.05) is 25.1 Å². The van der Waals surface area contributed by atoms with Crippen molar-refractivity contribution < 1.29 is 14.7 Å². The van der Waals surface area contributed by atoms with Crippen molar-refractivity contribution >= 4 is 11.9 Å². The minimum Gasteiger partial charge on any atom is -0.478 e. The number of hydrogen-bond donors (Lipinski definition) is 2. The van der Waals surface area contributed by atoms with E-state index in [9.17, 15) is 9.59 Å². The van der Waals surface area contributed by atoms with Crippen LogP contribution in [0.5, 0.6) is 0 Å². The van der Waals surface area contributed by atoms with Crippen LogP contribution in [0.3, 0.4) is 0 Å². The van der Waals surface area contributed by atoms with Crippen molar-refractivity contribution in [3.8, 4) is 0 Å². The zero-order chi connectivity index (χ0) is 13.5. The van der Waals surface area contributed by atoms with Crippen LogP contribution in [0.2, 0.25) is 0 Å². The molecule has 0 radical (unpaired) electrons. The first-order valence-electron chi connectivity index (χ1n) is 6.34. The van der Waals surface area contributed by atoms with Crippen LogP contribution in [0.15, 0.2) is 11.6 Å². The van der Waals surface area contributed by atoms with Crippen LogP contribution in [-0.4, -0.2) is 49.1 Å². The van der Waals surface area contributed by atoms with Crippen molar-refractivity contribution in [2.75, 3.05) is 27.2 Å². The van der Waals surface area contributed by atoms with Crippen molar-refractivity contribution in [1.29, 1.82) is 0 Å². The molecular formula is C13H22N2O3. The quantitative estimate of drug-likeness (QED) is 0.714. The molecule has 0 aromatic carbocycles. The minimum atomic E-state index is -0.890. The molecule has 0 aliphatic heterocycles. The van der Waals surface area contributed by atoms with Gasteiger partial charge in [0.25, 0.3) is 0 Å². The van der Waals surface area contributed by atoms with Gasteiger partial charge in [-0.05, 0) is 39.8 Å². The Morgan fingerprint density at radius 3 is 2.50 bits per heavy atom. The fourth-order valence-electron chi connectivity index (χ4n) is 2.12. The number of carboxylic acid groups (broad SMARTS) is 1. The number of nitrogens with one attached hydrogen (secondary N) is 1. The number of nitrogens with zero attached hydrogens (tertiary/aromatic N) is 1. The first-order chi connectivity index (χ1) is 8.49. The lowest BCUT2D eigenvalue weighted by atomic mass is 9.85. The maximum absolute atomic E-state index is 11.8. The molecule has 5 heteroatoms. The summed E-state index contributed by atoms with van der Waals surface area (Å²) in [5, 5.41) is 11.6. The van der Waals surface area contributed by atoms with Gasteiger partial charge in [-0.15, -0.1) is 0 Å². The minimum absolute atomic E-state index is 0.0399. The molecule has 0 atom stereocenters. The Labute approximate surface area is 108 Å². The number of rotatable bonds is 5. The van der Waals surface area contributed by atoms with Crippen LogP contribution in [-0.2, 0) is 9.59 Å². The van der Waals surface area contributed by atoms with Gasteiger partial charge >= 0.3 is 5.97 Å². The summed E-state index contributed by atoms with van der Waals surface area (Å²) in [4.78, 5) is 24.4. The van der Waals surface area contributed by atoms with E-state index < -0.39 is 5.97 Å². The number of carboxylic acids is 1. The van der Waals surface area contributed by atoms with E-state index in [1.54, 1.807) is 0 Å². The van der Waals surface area contributed by atoms with Crippen LogP contribution in [0.25, 0.3) is 0 Å². The van der Waals surface area contributed by atoms with Crippen molar-refractivity contribution in [3.63, 3.8) is 0 Å². The summed E-state index contributed by atoms with van der Waals surface area (Å²) in [5.41, 5.74) is 0.944. The van der Waals surface area contributed by atoms with Crippen LogP contribution in [0, 0.1) is 5.92 Å². The molecule has 5 nitrogen and oxygen atoms in total. The van der Waals surface area contributed by atoms with E-state index in [-0.39, 0.29) is 11.8 Å². The van der Waals surface area contributed by atoms with Gasteiger partial charge in [-0.1, -0.05) is 5.57 Å². The third kappa shape index (κ3) is 5.31. The Morgan fingerprint density at radius 1 is 1.39 bits per heavy atom. The molecule has 1 fully saturated rings. The number of carbonyl (C=O) groups excluding carboxylic acids is 1. The highest BCUT2D eigenvalue weighted by Crippen LogP contribution is 2.28. The lowest BCUT2D eigenvalue weighted by molar-refractivity contribution is -0.131. The molecular weight excluding hydrogens is 232 g/mol. The van der Waals surface area contributed by atoms with E-state index in [0.29, 0.717) is 6.54 Å². The first kappa shape index (κ1) is 14.7. The molecule has 0 heterocycles. The Hall–Kier alpha value is -1.36. The summed E-state index contributed by atoms with van der Waals surface area (Å²) >= 11 is 0. The summed E-state index contributed by atoms with van der Waals surface area (Å²) < 4.78 is 0. The van der Waals surface area contributed by atoms with Gasteiger partial charge in [0.15, 0.2) is 0 Å². The fraction of sp³-hybridized carbons (Fsp3) is 0.692. The normalized spacial score (nSPS) is 19.7. The first-order valence-corrected chi connectivity index (χ1v) is 6.34. The highest BCUT2D eigenvalue weighted by Gasteiger charge is 2.23. The Morgan fingerprint density at radius 2 is 2.00 bits per heavy atom. The van der Waals surface area contributed by atoms with Crippen LogP contribution in [0.4, 0.5) is 0 Å². The number of hydrogen-bond acceptors (Lipinski definition) is 3. The van der Waals surface area contributed by atoms with Gasteiger partial charge in [-0.2, -0.15) is 0 Å². The average molecular weight is 254 g/mol. The van der Waals surface area contributed by atoms with Gasteiger partial charge in [0.05, 0.1) is 0 Å². The molecule has 1 amide bonds. The maximum atomic E-state index is 11.8. The largest absolute Gasteiger partial charge is 0.478 e. The van der Waals surface area contributed by atoms with E-state index in [1.165, 1.54) is 6.08 Å². The van der Waals surface area contributed by atoms with Gasteiger partial charge in [0.1, 0.15) is 0 Å². The molecule has 0 bridgehead atoms. The van der Waals surface area contributed by atoms with E-state index in [1.807, 2.05) is 19.0 Å². The van der Waals surface area contributed by atoms with Gasteiger partial charge in [-0.25, -0.2) is 4.79 Å². The predicted octanol–water partition coefficient (Wildman–Crippen LogP) is 0.865. The summed E-state index contributed by atoms with van der Waals surface area (Å²) in [7, 11) is 3.94. The van der Waals surface area contributed by atoms with Gasteiger partial charge in [0.2, 0.25) is 5.91 Å². The Kier molecular flexibility index (Phi) is 5.85. The standard InChI is InChI=1S/C13H22N2O3/c1-15(2)8-7-14-13(18)11-5-3-10(4-6-11)9-12(16)17/h9,11H,3-8H2,1-2H3,(H,14,18)(H,16,17). The molecule has 2 N–H and O–H groups in total. The average Bonchev–Trinajstić information content (AvgIpc) is 2.28. The van der Waals surface area contributed by atoms with Crippen molar-refractivity contribution in [1.82, 2.24) is 10.2 Å². The summed E-state index contributed by atoms with van der Waals surface area (Å²) in [5.74, 6) is -0.747. The topological polar surface area (TPSA) is 69.6 Å². The van der Waals surface area contributed by atoms with E-state index in [4.69, 9.17) is 5.11 Å². The van der Waals surface area contributed by atoms with E-state index in [0.717, 1.165) is 37.8 Å². The van der Waals surface area contributed by atoms with E-state index >= 15 is 0 Å². The lowest BCUT2D eigenvalue weighted by Gasteiger charge is -2.23. The number of amides is 1. The molecule has 1 aliphatic carbocycles. The van der Waals surface area contributed by atoms with Crippen LogP contribution in [0.1, 0.15) is 25.7 Å². The van der Waals surface area contributed by atoms with Crippen molar-refractivity contribution in [2.24, 2.45) is 5.92 Å². The number of carbonyl (C=O) groups is 2. The molecule has 102 valence electrons. The SMILES string of the molecule is CN(C)CCNC(=O)C1CCC(=CC(=O)O)CC1. The lowest BCUT2D eigenvalue weighted by Crippen LogP contribution is -2.36. The summed E-state index contributed by atoms with van der Waals surface area (Å²) in [6.45, 7) is 1.50. The second-order valence-electron chi connectivity index (χ2n) is 5.01. The highest BCUT2D eigenvalue weighted by atomic mass is 16.4. The smallest absolute Gasteiger partial charge is 0.328 e. The molecule has 1 aliphatic rings. The van der Waals surface area contributed by atoms with Crippen molar-refractivity contribution in [3.05, 3.63) is 11.6 Å². The molecule has 1 saturated carbocycles. The Bertz CT molecular complexity index is 327. The van der Waals surface area contributed by atoms with E-state index in [2.05, 4.69) is 5.32 Å². The fourth-order valence-corrected chi connectivity index (χ4v) is 2.12. The molecule has 18 heavy (non-hydrogen) atoms. The number of allylic oxidation sites excluding steroid dienone is 1. The third-order valence-electron chi connectivity index (χ3n) is 3.18. The number of aliphatic carboxylic acids is 1. The third-order valence-corrected chi connectivity index (χ3v) is 3.18. The molecule has 0 unspecified atom stereocenters. The van der Waals surface area contributed by atoms with Gasteiger partial charge in [-0.3, -0.25) is 4.79 Å². The molecule has 0 saturated heterocycles. The monoisotopic (exact) mass is 254 g/mol. The molecule has 1 rings (SSSR count). The zero-order valence-corrected chi connectivity index (χ0v) is 11.1. The van der Waals surface area contributed by atoms with Crippen molar-refractivity contribution in [2.45, 2.75) is 25.7 Å². The molecule has 0 spiro atoms. The number of likely N-dealkylation sites (N-methyl/N-ethyl adjacent to an activating group) is 1.